The summed E-state index contributed by atoms with van der Waals surface area (Å²) in [5.41, 5.74) is 7.02. The molecule has 2 unspecified atom stereocenters. The topological polar surface area (TPSA) is 78.6 Å². The van der Waals surface area contributed by atoms with Crippen LogP contribution in [-0.2, 0) is 0 Å². The Kier molecular flexibility index (Phi) is 4.84. The Morgan fingerprint density at radius 1 is 1.50 bits per heavy atom. The fourth-order valence-corrected chi connectivity index (χ4v) is 2.51. The fraction of sp³-hybridized carbons (Fsp3) is 0.533. The second-order valence-electron chi connectivity index (χ2n) is 5.56. The number of nitrogens with two attached hydrogens (primary N) is 1. The van der Waals surface area contributed by atoms with Crippen LogP contribution in [0, 0.1) is 5.92 Å². The number of amides is 2. The highest BCUT2D eigenvalue weighted by Crippen LogP contribution is 2.16. The van der Waals surface area contributed by atoms with Gasteiger partial charge in [0.1, 0.15) is 0 Å². The number of piperidine rings is 1. The van der Waals surface area contributed by atoms with E-state index in [2.05, 4.69) is 12.2 Å². The van der Waals surface area contributed by atoms with Gasteiger partial charge in [-0.3, -0.25) is 0 Å². The summed E-state index contributed by atoms with van der Waals surface area (Å²) in [4.78, 5) is 13.8. The molecule has 5 heteroatoms. The molecule has 0 saturated carbocycles. The van der Waals surface area contributed by atoms with E-state index in [0.29, 0.717) is 11.6 Å². The highest BCUT2D eigenvalue weighted by Gasteiger charge is 2.21. The van der Waals surface area contributed by atoms with Crippen LogP contribution in [0.2, 0.25) is 0 Å². The number of aliphatic hydroxyl groups excluding tert-OH is 1. The quantitative estimate of drug-likeness (QED) is 0.736. The summed E-state index contributed by atoms with van der Waals surface area (Å²) in [6.45, 7) is 3.97. The predicted octanol–water partition coefficient (Wildman–Crippen LogP) is 1.74. The molecule has 1 aliphatic rings. The lowest BCUT2D eigenvalue weighted by Crippen LogP contribution is -2.46. The van der Waals surface area contributed by atoms with E-state index < -0.39 is 6.10 Å². The van der Waals surface area contributed by atoms with E-state index in [1.807, 2.05) is 4.90 Å². The normalized spacial score (nSPS) is 20.5. The highest BCUT2D eigenvalue weighted by atomic mass is 16.3. The van der Waals surface area contributed by atoms with Gasteiger partial charge >= 0.3 is 6.03 Å². The van der Waals surface area contributed by atoms with Crippen molar-refractivity contribution in [2.24, 2.45) is 5.92 Å². The summed E-state index contributed by atoms with van der Waals surface area (Å²) in [6.07, 6.45) is 1.52. The Bertz CT molecular complexity index is 447. The number of hydrogen-bond acceptors (Lipinski definition) is 3. The van der Waals surface area contributed by atoms with Crippen molar-refractivity contribution in [2.45, 2.75) is 25.9 Å². The molecule has 1 heterocycles. The molecule has 1 fully saturated rings. The Labute approximate surface area is 119 Å². The second-order valence-corrected chi connectivity index (χ2v) is 5.56. The molecule has 0 aliphatic carbocycles. The molecule has 1 aromatic rings. The fourth-order valence-electron chi connectivity index (χ4n) is 2.51. The van der Waals surface area contributed by atoms with Crippen LogP contribution in [-0.4, -0.2) is 35.7 Å². The van der Waals surface area contributed by atoms with Crippen LogP contribution < -0.4 is 11.1 Å². The molecule has 0 bridgehead atoms. The number of nitrogens with one attached hydrogen (secondary N) is 1. The average Bonchev–Trinajstić information content (AvgIpc) is 2.45. The Balaban J connectivity index is 1.82. The first kappa shape index (κ1) is 14.7. The minimum absolute atomic E-state index is 0.0916. The van der Waals surface area contributed by atoms with Crippen LogP contribution in [0.4, 0.5) is 10.5 Å². The molecule has 1 saturated heterocycles. The number of rotatable bonds is 3. The van der Waals surface area contributed by atoms with Gasteiger partial charge in [-0.25, -0.2) is 4.79 Å². The standard InChI is InChI=1S/C15H23N3O2/c1-11-3-2-8-18(10-11)15(20)17-9-14(19)12-4-6-13(16)7-5-12/h4-7,11,14,19H,2-3,8-10,16H2,1H3,(H,17,20). The van der Waals surface area contributed by atoms with Crippen LogP contribution in [0.15, 0.2) is 24.3 Å². The van der Waals surface area contributed by atoms with Gasteiger partial charge in [0.2, 0.25) is 0 Å². The van der Waals surface area contributed by atoms with E-state index in [1.165, 1.54) is 6.42 Å². The number of nitrogens with zero attached hydrogens (tertiary/aromatic N) is 1. The lowest BCUT2D eigenvalue weighted by Gasteiger charge is -2.31. The number of hydrogen-bond donors (Lipinski definition) is 3. The van der Waals surface area contributed by atoms with Crippen LogP contribution in [0.5, 0.6) is 0 Å². The van der Waals surface area contributed by atoms with E-state index >= 15 is 0 Å². The van der Waals surface area contributed by atoms with Gasteiger partial charge in [0, 0.05) is 25.3 Å². The molecule has 2 amide bonds. The molecule has 0 spiro atoms. The predicted molar refractivity (Wildman–Crippen MR) is 79.2 cm³/mol. The van der Waals surface area contributed by atoms with Gasteiger partial charge in [0.15, 0.2) is 0 Å². The van der Waals surface area contributed by atoms with Gasteiger partial charge < -0.3 is 21.1 Å². The van der Waals surface area contributed by atoms with Crippen LogP contribution in [0.3, 0.4) is 0 Å². The number of anilines is 1. The molecule has 0 radical (unpaired) electrons. The first-order valence-corrected chi connectivity index (χ1v) is 7.12. The molecule has 20 heavy (non-hydrogen) atoms. The van der Waals surface area contributed by atoms with Crippen molar-refractivity contribution in [1.82, 2.24) is 10.2 Å². The van der Waals surface area contributed by atoms with Crippen LogP contribution in [0.25, 0.3) is 0 Å². The van der Waals surface area contributed by atoms with Crippen molar-refractivity contribution < 1.29 is 9.90 Å². The van der Waals surface area contributed by atoms with Gasteiger partial charge in [-0.1, -0.05) is 19.1 Å². The number of benzene rings is 1. The molecule has 110 valence electrons. The van der Waals surface area contributed by atoms with Crippen LogP contribution in [0.1, 0.15) is 31.4 Å². The first-order valence-electron chi connectivity index (χ1n) is 7.12. The first-order chi connectivity index (χ1) is 9.56. The summed E-state index contributed by atoms with van der Waals surface area (Å²) in [5, 5.41) is 12.8. The van der Waals surface area contributed by atoms with Gasteiger partial charge in [-0.05, 0) is 36.5 Å². The maximum Gasteiger partial charge on any atom is 0.317 e. The zero-order valence-corrected chi connectivity index (χ0v) is 11.9. The summed E-state index contributed by atoms with van der Waals surface area (Å²) in [6, 6.07) is 6.94. The van der Waals surface area contributed by atoms with Crippen molar-refractivity contribution in [3.05, 3.63) is 29.8 Å². The number of aliphatic hydroxyl groups is 1. The molecule has 0 aromatic heterocycles. The Hall–Kier alpha value is -1.75. The molecule has 4 N–H and O–H groups in total. The minimum Gasteiger partial charge on any atom is -0.399 e. The zero-order valence-electron chi connectivity index (χ0n) is 11.9. The van der Waals surface area contributed by atoms with Gasteiger partial charge in [-0.15, -0.1) is 0 Å². The largest absolute Gasteiger partial charge is 0.399 e. The van der Waals surface area contributed by atoms with Gasteiger partial charge in [-0.2, -0.15) is 0 Å². The van der Waals surface area contributed by atoms with E-state index in [4.69, 9.17) is 5.73 Å². The molecular weight excluding hydrogens is 254 g/mol. The summed E-state index contributed by atoms with van der Waals surface area (Å²) >= 11 is 0. The lowest BCUT2D eigenvalue weighted by atomic mass is 10.0. The summed E-state index contributed by atoms with van der Waals surface area (Å²) in [5.74, 6) is 0.552. The summed E-state index contributed by atoms with van der Waals surface area (Å²) in [7, 11) is 0. The molecule has 1 aromatic carbocycles. The van der Waals surface area contributed by atoms with E-state index in [1.54, 1.807) is 24.3 Å². The number of likely N-dealkylation sites (tertiary alicyclic amines) is 1. The molecular formula is C15H23N3O2. The molecule has 5 nitrogen and oxygen atoms in total. The SMILES string of the molecule is CC1CCCN(C(=O)NCC(O)c2ccc(N)cc2)C1. The number of carbonyl (C=O) groups excluding carboxylic acids is 1. The van der Waals surface area contributed by atoms with E-state index in [9.17, 15) is 9.90 Å². The minimum atomic E-state index is -0.707. The van der Waals surface area contributed by atoms with Gasteiger partial charge in [0.05, 0.1) is 6.10 Å². The molecule has 2 rings (SSSR count). The number of carbonyl (C=O) groups is 1. The Morgan fingerprint density at radius 3 is 2.85 bits per heavy atom. The smallest absolute Gasteiger partial charge is 0.317 e. The van der Waals surface area contributed by atoms with E-state index in [-0.39, 0.29) is 12.6 Å². The third-order valence-corrected chi connectivity index (χ3v) is 3.71. The lowest BCUT2D eigenvalue weighted by molar-refractivity contribution is 0.149. The zero-order chi connectivity index (χ0) is 14.5. The third kappa shape index (κ3) is 3.87. The van der Waals surface area contributed by atoms with Crippen molar-refractivity contribution >= 4 is 11.7 Å². The Morgan fingerprint density at radius 2 is 2.20 bits per heavy atom. The summed E-state index contributed by atoms with van der Waals surface area (Å²) < 4.78 is 0. The maximum absolute atomic E-state index is 12.0. The van der Waals surface area contributed by atoms with Crippen molar-refractivity contribution in [2.75, 3.05) is 25.4 Å². The number of nitrogen functional groups attached to an aromatic ring is 1. The highest BCUT2D eigenvalue weighted by molar-refractivity contribution is 5.74. The molecule has 1 aliphatic heterocycles. The number of urea groups is 1. The average molecular weight is 277 g/mol. The maximum atomic E-state index is 12.0. The van der Waals surface area contributed by atoms with Gasteiger partial charge in [0.25, 0.3) is 0 Å². The third-order valence-electron chi connectivity index (χ3n) is 3.71. The van der Waals surface area contributed by atoms with Crippen molar-refractivity contribution in [3.8, 4) is 0 Å². The second kappa shape index (κ2) is 6.61. The van der Waals surface area contributed by atoms with E-state index in [0.717, 1.165) is 25.1 Å². The van der Waals surface area contributed by atoms with Crippen molar-refractivity contribution in [1.29, 1.82) is 0 Å². The monoisotopic (exact) mass is 277 g/mol. The van der Waals surface area contributed by atoms with Crippen LogP contribution >= 0.6 is 0 Å². The van der Waals surface area contributed by atoms with Crippen molar-refractivity contribution in [3.63, 3.8) is 0 Å². The molecule has 2 atom stereocenters.